The number of ether oxygens (including phenoxy) is 6. The second-order valence-corrected chi connectivity index (χ2v) is 7.91. The van der Waals surface area contributed by atoms with Gasteiger partial charge in [-0.15, -0.1) is 0 Å². The lowest BCUT2D eigenvalue weighted by atomic mass is 9.98. The van der Waals surface area contributed by atoms with Crippen molar-refractivity contribution in [2.75, 3.05) is 6.61 Å². The quantitative estimate of drug-likeness (QED) is 0.222. The summed E-state index contributed by atoms with van der Waals surface area (Å²) in [6.45, 7) is 5.71. The van der Waals surface area contributed by atoms with Crippen molar-refractivity contribution < 1.29 is 57.5 Å². The molecule has 1 aromatic rings. The van der Waals surface area contributed by atoms with E-state index in [0.29, 0.717) is 5.56 Å². The van der Waals surface area contributed by atoms with E-state index in [-0.39, 0.29) is 0 Å². The third-order valence-electron chi connectivity index (χ3n) is 4.74. The van der Waals surface area contributed by atoms with Crippen molar-refractivity contribution in [3.8, 4) is 0 Å². The van der Waals surface area contributed by atoms with Crippen LogP contribution in [0.1, 0.15) is 38.8 Å². The lowest BCUT2D eigenvalue weighted by molar-refractivity contribution is -0.299. The number of rotatable bonds is 9. The van der Waals surface area contributed by atoms with E-state index in [1.54, 1.807) is 18.2 Å². The zero-order valence-electron chi connectivity index (χ0n) is 20.4. The van der Waals surface area contributed by atoms with Gasteiger partial charge in [-0.05, 0) is 18.6 Å². The Morgan fingerprint density at radius 3 is 1.97 bits per heavy atom. The van der Waals surface area contributed by atoms with Crippen molar-refractivity contribution in [3.05, 3.63) is 41.2 Å². The Morgan fingerprint density at radius 1 is 0.861 bits per heavy atom. The molecule has 1 heterocycles. The second kappa shape index (κ2) is 12.7. The molecule has 196 valence electrons. The Balaban J connectivity index is 2.53. The van der Waals surface area contributed by atoms with Crippen LogP contribution in [0, 0.1) is 6.92 Å². The third kappa shape index (κ3) is 8.38. The topological polar surface area (TPSA) is 161 Å². The number of hydrogen-bond donors (Lipinski definition) is 1. The fourth-order valence-corrected chi connectivity index (χ4v) is 3.47. The van der Waals surface area contributed by atoms with Crippen LogP contribution in [0.3, 0.4) is 0 Å². The summed E-state index contributed by atoms with van der Waals surface area (Å²) in [4.78, 5) is 58.9. The van der Waals surface area contributed by atoms with Gasteiger partial charge in [0.1, 0.15) is 12.7 Å². The molecule has 0 bridgehead atoms. The molecule has 36 heavy (non-hydrogen) atoms. The molecule has 1 aromatic carbocycles. The Kier molecular flexibility index (Phi) is 9.97. The van der Waals surface area contributed by atoms with Gasteiger partial charge in [-0.25, -0.2) is 4.79 Å². The number of carboxylic acids is 1. The lowest BCUT2D eigenvalue weighted by Gasteiger charge is -2.43. The molecule has 0 aliphatic carbocycles. The first-order valence-corrected chi connectivity index (χ1v) is 10.9. The highest BCUT2D eigenvalue weighted by atomic mass is 16.7. The van der Waals surface area contributed by atoms with Gasteiger partial charge in [0.2, 0.25) is 18.2 Å². The van der Waals surface area contributed by atoms with Crippen LogP contribution >= 0.6 is 0 Å². The van der Waals surface area contributed by atoms with Gasteiger partial charge >= 0.3 is 29.8 Å². The standard InChI is InChI=1S/C24H28O12/c1-12-7-6-8-17(9-12)10-18(23(29)30)35-24-22(34-16(5)28)21(33-15(4)27)20(32-14(3)26)19(36-24)11-31-13(2)25/h6-10,19-22,24H,11H2,1-5H3,(H,29,30)/b18-10-/t19-,20+,21+,22-,24-/m0/s1. The normalized spacial score (nSPS) is 23.7. The molecule has 12 nitrogen and oxygen atoms in total. The van der Waals surface area contributed by atoms with Crippen LogP contribution in [-0.4, -0.2) is 72.3 Å². The average Bonchev–Trinajstić information content (AvgIpc) is 2.75. The van der Waals surface area contributed by atoms with E-state index in [9.17, 15) is 29.1 Å². The minimum absolute atomic E-state index is 0.471. The van der Waals surface area contributed by atoms with E-state index in [1.807, 2.05) is 13.0 Å². The maximum atomic E-state index is 12.0. The maximum Gasteiger partial charge on any atom is 0.371 e. The molecule has 1 fully saturated rings. The number of carbonyl (C=O) groups excluding carboxylic acids is 4. The van der Waals surface area contributed by atoms with E-state index < -0.39 is 72.9 Å². The van der Waals surface area contributed by atoms with Crippen LogP contribution in [0.4, 0.5) is 0 Å². The van der Waals surface area contributed by atoms with Gasteiger partial charge in [0.05, 0.1) is 0 Å². The molecule has 0 spiro atoms. The molecule has 5 atom stereocenters. The van der Waals surface area contributed by atoms with E-state index >= 15 is 0 Å². The van der Waals surface area contributed by atoms with Gasteiger partial charge in [-0.3, -0.25) is 19.2 Å². The molecule has 0 radical (unpaired) electrons. The molecular formula is C24H28O12. The third-order valence-corrected chi connectivity index (χ3v) is 4.74. The lowest BCUT2D eigenvalue weighted by Crippen LogP contribution is -2.63. The predicted octanol–water partition coefficient (Wildman–Crippen LogP) is 1.52. The molecule has 1 aliphatic heterocycles. The Hall–Kier alpha value is -3.93. The summed E-state index contributed by atoms with van der Waals surface area (Å²) in [7, 11) is 0. The summed E-state index contributed by atoms with van der Waals surface area (Å²) in [6.07, 6.45) is -6.12. The van der Waals surface area contributed by atoms with Crippen molar-refractivity contribution >= 4 is 35.9 Å². The van der Waals surface area contributed by atoms with Gasteiger partial charge in [0.15, 0.2) is 12.2 Å². The SMILES string of the molecule is CC(=O)OC[C@@H]1O[C@H](O/C(=C\c2cccc(C)c2)C(=O)O)[C@@H](OC(C)=O)[C@H](OC(C)=O)[C@@H]1OC(C)=O. The highest BCUT2D eigenvalue weighted by Crippen LogP contribution is 2.31. The first-order chi connectivity index (χ1) is 16.9. The monoisotopic (exact) mass is 508 g/mol. The molecule has 0 amide bonds. The van der Waals surface area contributed by atoms with Gasteiger partial charge in [0, 0.05) is 27.7 Å². The zero-order chi connectivity index (χ0) is 27.0. The van der Waals surface area contributed by atoms with Crippen LogP contribution in [-0.2, 0) is 52.4 Å². The fourth-order valence-electron chi connectivity index (χ4n) is 3.47. The van der Waals surface area contributed by atoms with Crippen molar-refractivity contribution in [3.63, 3.8) is 0 Å². The summed E-state index contributed by atoms with van der Waals surface area (Å²) >= 11 is 0. The van der Waals surface area contributed by atoms with Crippen molar-refractivity contribution in [2.24, 2.45) is 0 Å². The fraction of sp³-hybridized carbons (Fsp3) is 0.458. The summed E-state index contributed by atoms with van der Waals surface area (Å²) in [5.74, 6) is -5.19. The molecule has 12 heteroatoms. The van der Waals surface area contributed by atoms with Crippen LogP contribution in [0.5, 0.6) is 0 Å². The Bertz CT molecular complexity index is 1030. The molecular weight excluding hydrogens is 480 g/mol. The molecule has 0 aromatic heterocycles. The van der Waals surface area contributed by atoms with Gasteiger partial charge in [-0.1, -0.05) is 29.8 Å². The minimum Gasteiger partial charge on any atom is -0.475 e. The maximum absolute atomic E-state index is 12.0. The summed E-state index contributed by atoms with van der Waals surface area (Å²) < 4.78 is 32.2. The molecule has 1 saturated heterocycles. The first-order valence-electron chi connectivity index (χ1n) is 10.9. The Labute approximate surface area is 207 Å². The molecule has 1 aliphatic rings. The van der Waals surface area contributed by atoms with E-state index in [2.05, 4.69) is 0 Å². The number of hydrogen-bond acceptors (Lipinski definition) is 11. The Morgan fingerprint density at radius 2 is 1.44 bits per heavy atom. The minimum atomic E-state index is -1.65. The van der Waals surface area contributed by atoms with Crippen LogP contribution in [0.15, 0.2) is 30.0 Å². The molecule has 2 rings (SSSR count). The number of carbonyl (C=O) groups is 5. The van der Waals surface area contributed by atoms with Gasteiger partial charge in [0.25, 0.3) is 0 Å². The first kappa shape index (κ1) is 28.3. The van der Waals surface area contributed by atoms with Crippen LogP contribution in [0.2, 0.25) is 0 Å². The largest absolute Gasteiger partial charge is 0.475 e. The molecule has 1 N–H and O–H groups in total. The number of carboxylic acid groups (broad SMARTS) is 1. The zero-order valence-corrected chi connectivity index (χ0v) is 20.4. The summed E-state index contributed by atoms with van der Waals surface area (Å²) in [5.41, 5.74) is 1.36. The van der Waals surface area contributed by atoms with Crippen molar-refractivity contribution in [2.45, 2.75) is 65.3 Å². The van der Waals surface area contributed by atoms with Gasteiger partial charge in [-0.2, -0.15) is 0 Å². The van der Waals surface area contributed by atoms with Crippen molar-refractivity contribution in [1.82, 2.24) is 0 Å². The number of benzene rings is 1. The smallest absolute Gasteiger partial charge is 0.371 e. The van der Waals surface area contributed by atoms with Crippen LogP contribution < -0.4 is 0 Å². The number of aliphatic carboxylic acids is 1. The van der Waals surface area contributed by atoms with E-state index in [0.717, 1.165) is 33.3 Å². The number of esters is 4. The summed E-state index contributed by atoms with van der Waals surface area (Å²) in [5, 5.41) is 9.75. The van der Waals surface area contributed by atoms with E-state index in [1.165, 1.54) is 6.08 Å². The molecule has 0 unspecified atom stereocenters. The number of aryl methyl sites for hydroxylation is 1. The van der Waals surface area contributed by atoms with Crippen LogP contribution in [0.25, 0.3) is 6.08 Å². The molecule has 0 saturated carbocycles. The van der Waals surface area contributed by atoms with Crippen molar-refractivity contribution in [1.29, 1.82) is 0 Å². The van der Waals surface area contributed by atoms with E-state index in [4.69, 9.17) is 28.4 Å². The highest BCUT2D eigenvalue weighted by molar-refractivity contribution is 5.89. The predicted molar refractivity (Wildman–Crippen MR) is 120 cm³/mol. The average molecular weight is 508 g/mol. The summed E-state index contributed by atoms with van der Waals surface area (Å²) in [6, 6.07) is 6.89. The van der Waals surface area contributed by atoms with Gasteiger partial charge < -0.3 is 33.5 Å². The second-order valence-electron chi connectivity index (χ2n) is 7.91. The highest BCUT2D eigenvalue weighted by Gasteiger charge is 2.53.